The lowest BCUT2D eigenvalue weighted by molar-refractivity contribution is -0.139. The summed E-state index contributed by atoms with van der Waals surface area (Å²) in [5.41, 5.74) is 1.26. The molecule has 0 spiro atoms. The molecular formula is C12H20N2O. The Balaban J connectivity index is 2.02. The topological polar surface area (TPSA) is 32.3 Å². The molecule has 15 heavy (non-hydrogen) atoms. The number of carbonyl (C=O) groups excluding carboxylic acids is 1. The first kappa shape index (κ1) is 10.7. The Hall–Kier alpha value is -0.830. The average molecular weight is 208 g/mol. The second-order valence-electron chi connectivity index (χ2n) is 5.04. The molecule has 0 radical (unpaired) electrons. The van der Waals surface area contributed by atoms with E-state index in [4.69, 9.17) is 0 Å². The molecule has 1 saturated heterocycles. The Morgan fingerprint density at radius 2 is 2.40 bits per heavy atom. The van der Waals surface area contributed by atoms with Crippen molar-refractivity contribution in [1.82, 2.24) is 10.2 Å². The van der Waals surface area contributed by atoms with Gasteiger partial charge in [0.15, 0.2) is 0 Å². The highest BCUT2D eigenvalue weighted by Gasteiger charge is 2.39. The molecule has 2 rings (SSSR count). The van der Waals surface area contributed by atoms with Gasteiger partial charge in [-0.15, -0.1) is 0 Å². The standard InChI is InChI=1S/C12H20N2O/c1-10-3-7-14(8-4-10)11(15)12(2)5-6-13-9-12/h3,13H,4-9H2,1-2H3. The molecule has 3 nitrogen and oxygen atoms in total. The fourth-order valence-electron chi connectivity index (χ4n) is 2.34. The first-order valence-corrected chi connectivity index (χ1v) is 5.77. The molecule has 0 saturated carbocycles. The molecule has 2 aliphatic rings. The van der Waals surface area contributed by atoms with Gasteiger partial charge in [0.1, 0.15) is 0 Å². The molecule has 84 valence electrons. The predicted molar refractivity (Wildman–Crippen MR) is 60.5 cm³/mol. The van der Waals surface area contributed by atoms with Crippen molar-refractivity contribution in [3.63, 3.8) is 0 Å². The molecule has 0 aromatic carbocycles. The maximum Gasteiger partial charge on any atom is 0.230 e. The normalized spacial score (nSPS) is 31.6. The van der Waals surface area contributed by atoms with E-state index in [1.807, 2.05) is 4.90 Å². The summed E-state index contributed by atoms with van der Waals surface area (Å²) >= 11 is 0. The second-order valence-corrected chi connectivity index (χ2v) is 5.04. The lowest BCUT2D eigenvalue weighted by Gasteiger charge is -2.32. The molecule has 2 heterocycles. The van der Waals surface area contributed by atoms with Crippen LogP contribution in [0.2, 0.25) is 0 Å². The highest BCUT2D eigenvalue weighted by molar-refractivity contribution is 5.83. The Morgan fingerprint density at radius 1 is 1.60 bits per heavy atom. The number of nitrogens with one attached hydrogen (secondary N) is 1. The van der Waals surface area contributed by atoms with Crippen LogP contribution in [0.5, 0.6) is 0 Å². The maximum atomic E-state index is 12.3. The van der Waals surface area contributed by atoms with Crippen molar-refractivity contribution in [3.8, 4) is 0 Å². The van der Waals surface area contributed by atoms with E-state index >= 15 is 0 Å². The molecule has 0 bridgehead atoms. The Kier molecular flexibility index (Phi) is 2.83. The van der Waals surface area contributed by atoms with E-state index in [9.17, 15) is 4.79 Å². The minimum Gasteiger partial charge on any atom is -0.338 e. The SMILES string of the molecule is CC1=CCN(C(=O)C2(C)CCNC2)CC1. The smallest absolute Gasteiger partial charge is 0.230 e. The predicted octanol–water partition coefficient (Wildman–Crippen LogP) is 1.16. The molecule has 1 amide bonds. The van der Waals surface area contributed by atoms with Crippen molar-refractivity contribution in [1.29, 1.82) is 0 Å². The van der Waals surface area contributed by atoms with Crippen LogP contribution in [0.1, 0.15) is 26.7 Å². The Bertz CT molecular complexity index is 290. The average Bonchev–Trinajstić information content (AvgIpc) is 2.67. The third kappa shape index (κ3) is 2.07. The molecular weight excluding hydrogens is 188 g/mol. The fourth-order valence-corrected chi connectivity index (χ4v) is 2.34. The molecule has 0 aromatic rings. The summed E-state index contributed by atoms with van der Waals surface area (Å²) in [4.78, 5) is 14.3. The number of amides is 1. The van der Waals surface area contributed by atoms with E-state index < -0.39 is 0 Å². The highest BCUT2D eigenvalue weighted by Crippen LogP contribution is 2.28. The van der Waals surface area contributed by atoms with E-state index in [1.54, 1.807) is 0 Å². The van der Waals surface area contributed by atoms with Gasteiger partial charge in [-0.25, -0.2) is 0 Å². The van der Waals surface area contributed by atoms with Crippen LogP contribution < -0.4 is 5.32 Å². The Morgan fingerprint density at radius 3 is 2.93 bits per heavy atom. The summed E-state index contributed by atoms with van der Waals surface area (Å²) < 4.78 is 0. The quantitative estimate of drug-likeness (QED) is 0.656. The lowest BCUT2D eigenvalue weighted by atomic mass is 9.87. The van der Waals surface area contributed by atoms with Gasteiger partial charge in [0.25, 0.3) is 0 Å². The van der Waals surface area contributed by atoms with Crippen LogP contribution in [-0.4, -0.2) is 37.0 Å². The van der Waals surface area contributed by atoms with Crippen molar-refractivity contribution in [2.24, 2.45) is 5.41 Å². The van der Waals surface area contributed by atoms with Gasteiger partial charge in [-0.1, -0.05) is 11.6 Å². The van der Waals surface area contributed by atoms with Crippen LogP contribution in [0.25, 0.3) is 0 Å². The first-order valence-electron chi connectivity index (χ1n) is 5.77. The van der Waals surface area contributed by atoms with Crippen molar-refractivity contribution in [2.75, 3.05) is 26.2 Å². The molecule has 1 atom stereocenters. The summed E-state index contributed by atoms with van der Waals surface area (Å²) in [5.74, 6) is 0.330. The van der Waals surface area contributed by atoms with Crippen LogP contribution in [0.3, 0.4) is 0 Å². The number of hydrogen-bond acceptors (Lipinski definition) is 2. The van der Waals surface area contributed by atoms with Gasteiger partial charge in [-0.05, 0) is 33.2 Å². The van der Waals surface area contributed by atoms with Gasteiger partial charge >= 0.3 is 0 Å². The van der Waals surface area contributed by atoms with Crippen LogP contribution >= 0.6 is 0 Å². The second kappa shape index (κ2) is 3.97. The maximum absolute atomic E-state index is 12.3. The fraction of sp³-hybridized carbons (Fsp3) is 0.750. The van der Waals surface area contributed by atoms with Gasteiger partial charge in [0, 0.05) is 19.6 Å². The zero-order valence-electron chi connectivity index (χ0n) is 9.68. The number of nitrogens with zero attached hydrogens (tertiary/aromatic N) is 1. The van der Waals surface area contributed by atoms with Crippen molar-refractivity contribution in [2.45, 2.75) is 26.7 Å². The van der Waals surface area contributed by atoms with Gasteiger partial charge < -0.3 is 10.2 Å². The van der Waals surface area contributed by atoms with E-state index in [1.165, 1.54) is 5.57 Å². The lowest BCUT2D eigenvalue weighted by Crippen LogP contribution is -2.45. The van der Waals surface area contributed by atoms with Crippen LogP contribution in [0.4, 0.5) is 0 Å². The summed E-state index contributed by atoms with van der Waals surface area (Å²) in [6, 6.07) is 0. The largest absolute Gasteiger partial charge is 0.338 e. The monoisotopic (exact) mass is 208 g/mol. The third-order valence-corrected chi connectivity index (χ3v) is 3.61. The van der Waals surface area contributed by atoms with E-state index in [2.05, 4.69) is 25.2 Å². The summed E-state index contributed by atoms with van der Waals surface area (Å²) in [5, 5.41) is 3.28. The van der Waals surface area contributed by atoms with E-state index in [-0.39, 0.29) is 5.41 Å². The van der Waals surface area contributed by atoms with E-state index in [0.717, 1.165) is 39.0 Å². The Labute approximate surface area is 91.5 Å². The zero-order chi connectivity index (χ0) is 10.9. The molecule has 1 N–H and O–H groups in total. The molecule has 1 unspecified atom stereocenters. The van der Waals surface area contributed by atoms with Gasteiger partial charge in [0.05, 0.1) is 5.41 Å². The van der Waals surface area contributed by atoms with Crippen LogP contribution in [0, 0.1) is 5.41 Å². The molecule has 0 aromatic heterocycles. The summed E-state index contributed by atoms with van der Waals surface area (Å²) in [7, 11) is 0. The van der Waals surface area contributed by atoms with Crippen molar-refractivity contribution >= 4 is 5.91 Å². The summed E-state index contributed by atoms with van der Waals surface area (Å²) in [6.45, 7) is 7.74. The minimum atomic E-state index is -0.154. The van der Waals surface area contributed by atoms with Gasteiger partial charge in [0.2, 0.25) is 5.91 Å². The number of rotatable bonds is 1. The highest BCUT2D eigenvalue weighted by atomic mass is 16.2. The van der Waals surface area contributed by atoms with E-state index in [0.29, 0.717) is 5.91 Å². The molecule has 2 aliphatic heterocycles. The van der Waals surface area contributed by atoms with Crippen molar-refractivity contribution < 1.29 is 4.79 Å². The first-order chi connectivity index (χ1) is 7.12. The third-order valence-electron chi connectivity index (χ3n) is 3.61. The van der Waals surface area contributed by atoms with Gasteiger partial charge in [-0.3, -0.25) is 4.79 Å². The minimum absolute atomic E-state index is 0.154. The summed E-state index contributed by atoms with van der Waals surface area (Å²) in [6.07, 6.45) is 4.19. The van der Waals surface area contributed by atoms with Crippen molar-refractivity contribution in [3.05, 3.63) is 11.6 Å². The van der Waals surface area contributed by atoms with Gasteiger partial charge in [-0.2, -0.15) is 0 Å². The number of hydrogen-bond donors (Lipinski definition) is 1. The molecule has 3 heteroatoms. The van der Waals surface area contributed by atoms with Crippen LogP contribution in [0.15, 0.2) is 11.6 Å². The van der Waals surface area contributed by atoms with Crippen LogP contribution in [-0.2, 0) is 4.79 Å². The number of carbonyl (C=O) groups is 1. The molecule has 0 aliphatic carbocycles. The zero-order valence-corrected chi connectivity index (χ0v) is 9.68. The molecule has 1 fully saturated rings.